The maximum absolute atomic E-state index is 12.1. The molecule has 0 saturated carbocycles. The minimum absolute atomic E-state index is 0.259. The van der Waals surface area contributed by atoms with Gasteiger partial charge in [-0.25, -0.2) is 4.79 Å². The lowest BCUT2D eigenvalue weighted by Crippen LogP contribution is -2.05. The van der Waals surface area contributed by atoms with Crippen molar-refractivity contribution >= 4 is 22.4 Å². The molecule has 0 fully saturated rings. The SMILES string of the molecule is COC(=O)c1cc2ccccc2cc1Oc1ccc2nnnn2n1. The Morgan fingerprint density at radius 3 is 2.67 bits per heavy atom. The predicted octanol–water partition coefficient (Wildman–Crippen LogP) is 2.25. The van der Waals surface area contributed by atoms with E-state index in [0.29, 0.717) is 17.0 Å². The van der Waals surface area contributed by atoms with Crippen LogP contribution in [0, 0.1) is 0 Å². The van der Waals surface area contributed by atoms with Gasteiger partial charge < -0.3 is 9.47 Å². The average Bonchev–Trinajstić information content (AvgIpc) is 3.08. The predicted molar refractivity (Wildman–Crippen MR) is 83.9 cm³/mol. The number of ether oxygens (including phenoxy) is 2. The fourth-order valence-electron chi connectivity index (χ4n) is 2.37. The zero-order valence-corrected chi connectivity index (χ0v) is 12.6. The van der Waals surface area contributed by atoms with E-state index in [1.807, 2.05) is 24.3 Å². The van der Waals surface area contributed by atoms with Gasteiger partial charge in [0.2, 0.25) is 5.88 Å². The van der Waals surface area contributed by atoms with Crippen molar-refractivity contribution in [2.75, 3.05) is 7.11 Å². The Balaban J connectivity index is 1.82. The molecule has 2 aromatic heterocycles. The van der Waals surface area contributed by atoms with E-state index in [2.05, 4.69) is 20.6 Å². The second-order valence-electron chi connectivity index (χ2n) is 4.99. The van der Waals surface area contributed by atoms with E-state index in [9.17, 15) is 4.79 Å². The van der Waals surface area contributed by atoms with Gasteiger partial charge in [0, 0.05) is 6.07 Å². The highest BCUT2D eigenvalue weighted by Crippen LogP contribution is 2.30. The molecule has 0 aliphatic carbocycles. The van der Waals surface area contributed by atoms with Gasteiger partial charge in [0.15, 0.2) is 5.65 Å². The average molecular weight is 321 g/mol. The van der Waals surface area contributed by atoms with E-state index in [-0.39, 0.29) is 5.88 Å². The molecule has 0 aliphatic heterocycles. The van der Waals surface area contributed by atoms with Crippen LogP contribution in [0.25, 0.3) is 16.4 Å². The van der Waals surface area contributed by atoms with E-state index >= 15 is 0 Å². The zero-order chi connectivity index (χ0) is 16.5. The molecule has 2 aromatic carbocycles. The standard InChI is InChI=1S/C16H11N5O3/c1-23-16(22)12-8-10-4-2-3-5-11(10)9-13(12)24-15-7-6-14-17-19-20-21(14)18-15/h2-9H,1H3. The number of fused-ring (bicyclic) bond motifs is 2. The zero-order valence-electron chi connectivity index (χ0n) is 12.6. The molecule has 4 rings (SSSR count). The number of benzene rings is 2. The van der Waals surface area contributed by atoms with Gasteiger partial charge in [0.05, 0.1) is 7.11 Å². The van der Waals surface area contributed by atoms with Crippen LogP contribution in [0.4, 0.5) is 0 Å². The highest BCUT2D eigenvalue weighted by molar-refractivity contribution is 5.98. The summed E-state index contributed by atoms with van der Waals surface area (Å²) >= 11 is 0. The fourth-order valence-corrected chi connectivity index (χ4v) is 2.37. The number of aromatic nitrogens is 5. The number of carbonyl (C=O) groups excluding carboxylic acids is 1. The van der Waals surface area contributed by atoms with Crippen LogP contribution in [0.2, 0.25) is 0 Å². The van der Waals surface area contributed by atoms with Crippen molar-refractivity contribution in [2.24, 2.45) is 0 Å². The van der Waals surface area contributed by atoms with Crippen molar-refractivity contribution in [1.29, 1.82) is 0 Å². The van der Waals surface area contributed by atoms with Crippen molar-refractivity contribution in [1.82, 2.24) is 25.3 Å². The molecule has 8 nitrogen and oxygen atoms in total. The van der Waals surface area contributed by atoms with Crippen LogP contribution in [0.1, 0.15) is 10.4 Å². The monoisotopic (exact) mass is 321 g/mol. The van der Waals surface area contributed by atoms with Crippen LogP contribution in [0.5, 0.6) is 11.6 Å². The van der Waals surface area contributed by atoms with E-state index in [4.69, 9.17) is 9.47 Å². The molecule has 4 aromatic rings. The minimum atomic E-state index is -0.487. The molecule has 0 bridgehead atoms. The van der Waals surface area contributed by atoms with Gasteiger partial charge in [0.1, 0.15) is 11.3 Å². The summed E-state index contributed by atoms with van der Waals surface area (Å²) in [7, 11) is 1.33. The van der Waals surface area contributed by atoms with Crippen molar-refractivity contribution in [3.63, 3.8) is 0 Å². The molecule has 8 heteroatoms. The maximum Gasteiger partial charge on any atom is 0.341 e. The molecule has 0 unspecified atom stereocenters. The van der Waals surface area contributed by atoms with Crippen LogP contribution in [0.3, 0.4) is 0 Å². The number of esters is 1. The van der Waals surface area contributed by atoms with Crippen molar-refractivity contribution in [3.8, 4) is 11.6 Å². The van der Waals surface area contributed by atoms with Crippen LogP contribution in [-0.4, -0.2) is 38.3 Å². The number of methoxy groups -OCH3 is 1. The van der Waals surface area contributed by atoms with Crippen LogP contribution >= 0.6 is 0 Å². The molecule has 0 radical (unpaired) electrons. The number of carbonyl (C=O) groups is 1. The highest BCUT2D eigenvalue weighted by atomic mass is 16.5. The maximum atomic E-state index is 12.1. The van der Waals surface area contributed by atoms with Crippen LogP contribution in [-0.2, 0) is 4.74 Å². The lowest BCUT2D eigenvalue weighted by atomic mass is 10.1. The molecule has 0 aliphatic rings. The Kier molecular flexibility index (Phi) is 3.27. The summed E-state index contributed by atoms with van der Waals surface area (Å²) in [5.41, 5.74) is 0.809. The fraction of sp³-hybridized carbons (Fsp3) is 0.0625. The minimum Gasteiger partial charge on any atom is -0.465 e. The lowest BCUT2D eigenvalue weighted by molar-refractivity contribution is 0.0598. The Hall–Kier alpha value is -3.55. The molecule has 118 valence electrons. The van der Waals surface area contributed by atoms with Gasteiger partial charge in [0.25, 0.3) is 0 Å². The first kappa shape index (κ1) is 14.1. The van der Waals surface area contributed by atoms with Gasteiger partial charge in [-0.15, -0.1) is 14.8 Å². The normalized spacial score (nSPS) is 10.9. The summed E-state index contributed by atoms with van der Waals surface area (Å²) in [6.45, 7) is 0. The lowest BCUT2D eigenvalue weighted by Gasteiger charge is -2.10. The third-order valence-corrected chi connectivity index (χ3v) is 3.51. The van der Waals surface area contributed by atoms with Gasteiger partial charge >= 0.3 is 5.97 Å². The molecular weight excluding hydrogens is 310 g/mol. The Morgan fingerprint density at radius 2 is 1.88 bits per heavy atom. The number of rotatable bonds is 3. The van der Waals surface area contributed by atoms with Crippen molar-refractivity contribution < 1.29 is 14.3 Å². The first-order valence-corrected chi connectivity index (χ1v) is 7.09. The molecular formula is C16H11N5O3. The summed E-state index contributed by atoms with van der Waals surface area (Å²) in [5.74, 6) is 0.120. The molecule has 0 N–H and O–H groups in total. The van der Waals surface area contributed by atoms with Crippen molar-refractivity contribution in [3.05, 3.63) is 54.1 Å². The summed E-state index contributed by atoms with van der Waals surface area (Å²) in [5, 5.41) is 17.0. The first-order chi connectivity index (χ1) is 11.7. The van der Waals surface area contributed by atoms with E-state index in [0.717, 1.165) is 10.8 Å². The Bertz CT molecular complexity index is 1060. The highest BCUT2D eigenvalue weighted by Gasteiger charge is 2.16. The second-order valence-corrected chi connectivity index (χ2v) is 4.99. The molecule has 0 amide bonds. The van der Waals surface area contributed by atoms with E-state index in [1.54, 1.807) is 24.3 Å². The summed E-state index contributed by atoms with van der Waals surface area (Å²) in [4.78, 5) is 12.1. The summed E-state index contributed by atoms with van der Waals surface area (Å²) < 4.78 is 11.9. The molecule has 0 saturated heterocycles. The van der Waals surface area contributed by atoms with Gasteiger partial charge in [-0.2, -0.15) is 0 Å². The molecule has 2 heterocycles. The topological polar surface area (TPSA) is 91.5 Å². The van der Waals surface area contributed by atoms with Crippen LogP contribution < -0.4 is 4.74 Å². The van der Waals surface area contributed by atoms with Crippen LogP contribution in [0.15, 0.2) is 48.5 Å². The third kappa shape index (κ3) is 2.39. The molecule has 24 heavy (non-hydrogen) atoms. The smallest absolute Gasteiger partial charge is 0.341 e. The van der Waals surface area contributed by atoms with Gasteiger partial charge in [-0.3, -0.25) is 0 Å². The number of tetrazole rings is 1. The Labute approximate surface area is 135 Å². The largest absolute Gasteiger partial charge is 0.465 e. The first-order valence-electron chi connectivity index (χ1n) is 7.09. The molecule has 0 atom stereocenters. The third-order valence-electron chi connectivity index (χ3n) is 3.51. The summed E-state index contributed by atoms with van der Waals surface area (Å²) in [6, 6.07) is 14.5. The number of hydrogen-bond donors (Lipinski definition) is 0. The molecule has 0 spiro atoms. The summed E-state index contributed by atoms with van der Waals surface area (Å²) in [6.07, 6.45) is 0. The van der Waals surface area contributed by atoms with E-state index < -0.39 is 5.97 Å². The van der Waals surface area contributed by atoms with Crippen molar-refractivity contribution in [2.45, 2.75) is 0 Å². The van der Waals surface area contributed by atoms with E-state index in [1.165, 1.54) is 11.7 Å². The Morgan fingerprint density at radius 1 is 1.08 bits per heavy atom. The quantitative estimate of drug-likeness (QED) is 0.534. The number of hydrogen-bond acceptors (Lipinski definition) is 7. The van der Waals surface area contributed by atoms with Gasteiger partial charge in [-0.1, -0.05) is 24.3 Å². The second kappa shape index (κ2) is 5.58. The number of nitrogens with zero attached hydrogens (tertiary/aromatic N) is 5. The van der Waals surface area contributed by atoms with Gasteiger partial charge in [-0.05, 0) is 39.4 Å².